The minimum Gasteiger partial charge on any atom is -0.497 e. The number of hydrogen-bond acceptors (Lipinski definition) is 5. The van der Waals surface area contributed by atoms with Crippen molar-refractivity contribution in [1.82, 2.24) is 0 Å². The number of nitrogens with one attached hydrogen (secondary N) is 2. The zero-order chi connectivity index (χ0) is 19.6. The lowest BCUT2D eigenvalue weighted by molar-refractivity contribution is -0.115. The van der Waals surface area contributed by atoms with Gasteiger partial charge >= 0.3 is 0 Å². The molecule has 2 aromatic rings. The van der Waals surface area contributed by atoms with Gasteiger partial charge in [-0.15, -0.1) is 0 Å². The first-order chi connectivity index (χ1) is 12.9. The second-order valence-electron chi connectivity index (χ2n) is 5.52. The Morgan fingerprint density at radius 3 is 1.52 bits per heavy atom. The van der Waals surface area contributed by atoms with Gasteiger partial charge in [0.2, 0.25) is 11.6 Å². The van der Waals surface area contributed by atoms with E-state index in [2.05, 4.69) is 10.6 Å². The minimum absolute atomic E-state index is 0.0847. The molecule has 0 aliphatic heterocycles. The number of hydrogen-bond donors (Lipinski definition) is 2. The summed E-state index contributed by atoms with van der Waals surface area (Å²) in [5.41, 5.74) is 0.932. The van der Waals surface area contributed by atoms with Crippen LogP contribution in [0, 0.1) is 0 Å². The van der Waals surface area contributed by atoms with Gasteiger partial charge in [0, 0.05) is 16.4 Å². The van der Waals surface area contributed by atoms with Crippen molar-refractivity contribution in [3.63, 3.8) is 0 Å². The number of ether oxygens (including phenoxy) is 1. The molecular formula is C19H13Cl3N2O3. The quantitative estimate of drug-likeness (QED) is 0.668. The average Bonchev–Trinajstić information content (AvgIpc) is 2.69. The predicted molar refractivity (Wildman–Crippen MR) is 107 cm³/mol. The second-order valence-corrected chi connectivity index (χ2v) is 6.71. The highest BCUT2D eigenvalue weighted by atomic mass is 35.5. The maximum absolute atomic E-state index is 12.6. The molecule has 1 aliphatic rings. The summed E-state index contributed by atoms with van der Waals surface area (Å²) in [4.78, 5) is 25.3. The summed E-state index contributed by atoms with van der Waals surface area (Å²) in [5.74, 6) is -0.528. The molecule has 2 N–H and O–H groups in total. The highest BCUT2D eigenvalue weighted by Crippen LogP contribution is 2.31. The van der Waals surface area contributed by atoms with Crippen molar-refractivity contribution < 1.29 is 14.3 Å². The van der Waals surface area contributed by atoms with Crippen LogP contribution in [0.2, 0.25) is 5.02 Å². The summed E-state index contributed by atoms with van der Waals surface area (Å²) in [6.07, 6.45) is 0. The monoisotopic (exact) mass is 422 g/mol. The molecular weight excluding hydrogens is 411 g/mol. The summed E-state index contributed by atoms with van der Waals surface area (Å²) in [5, 5.41) is 5.70. The maximum atomic E-state index is 12.6. The summed E-state index contributed by atoms with van der Waals surface area (Å²) in [6, 6.07) is 13.4. The summed E-state index contributed by atoms with van der Waals surface area (Å²) < 4.78 is 5.08. The van der Waals surface area contributed by atoms with Gasteiger partial charge < -0.3 is 15.4 Å². The Labute approximate surface area is 170 Å². The number of Topliss-reactive ketones (excluding diaryl/α,β-unsaturated/α-hetero) is 2. The Bertz CT molecular complexity index is 965. The van der Waals surface area contributed by atoms with Crippen LogP contribution >= 0.6 is 34.8 Å². The van der Waals surface area contributed by atoms with E-state index in [0.29, 0.717) is 22.1 Å². The first kappa shape index (κ1) is 19.3. The SMILES string of the molecule is COc1ccc(NC2=C(Cl)C(=O)C(Nc3ccc(Cl)cc3)=C(Cl)C2=O)cc1. The first-order valence-electron chi connectivity index (χ1n) is 7.73. The van der Waals surface area contributed by atoms with E-state index in [1.54, 1.807) is 55.6 Å². The molecule has 0 amide bonds. The predicted octanol–water partition coefficient (Wildman–Crippen LogP) is 4.93. The third-order valence-corrected chi connectivity index (χ3v) is 4.74. The van der Waals surface area contributed by atoms with Crippen LogP contribution in [0.5, 0.6) is 5.75 Å². The van der Waals surface area contributed by atoms with Gasteiger partial charge in [-0.3, -0.25) is 9.59 Å². The number of rotatable bonds is 5. The largest absolute Gasteiger partial charge is 0.497 e. The van der Waals surface area contributed by atoms with Crippen LogP contribution < -0.4 is 15.4 Å². The first-order valence-corrected chi connectivity index (χ1v) is 8.86. The molecule has 0 fully saturated rings. The lowest BCUT2D eigenvalue weighted by Crippen LogP contribution is -2.27. The number of methoxy groups -OCH3 is 1. The van der Waals surface area contributed by atoms with Crippen LogP contribution in [0.4, 0.5) is 11.4 Å². The number of carbonyl (C=O) groups is 2. The third kappa shape index (κ3) is 4.11. The van der Waals surface area contributed by atoms with E-state index in [1.807, 2.05) is 0 Å². The van der Waals surface area contributed by atoms with Crippen molar-refractivity contribution in [2.45, 2.75) is 0 Å². The van der Waals surface area contributed by atoms with Crippen LogP contribution in [-0.4, -0.2) is 18.7 Å². The minimum atomic E-state index is -0.591. The van der Waals surface area contributed by atoms with Gasteiger partial charge in [0.15, 0.2) is 0 Å². The van der Waals surface area contributed by atoms with Crippen molar-refractivity contribution in [2.24, 2.45) is 0 Å². The summed E-state index contributed by atoms with van der Waals surface area (Å²) in [6.45, 7) is 0. The molecule has 1 aliphatic carbocycles. The Hall–Kier alpha value is -2.47. The summed E-state index contributed by atoms with van der Waals surface area (Å²) in [7, 11) is 1.55. The fourth-order valence-corrected chi connectivity index (χ4v) is 2.95. The zero-order valence-electron chi connectivity index (χ0n) is 14.0. The van der Waals surface area contributed by atoms with Gasteiger partial charge in [0.25, 0.3) is 0 Å². The van der Waals surface area contributed by atoms with Crippen LogP contribution in [-0.2, 0) is 9.59 Å². The molecule has 0 atom stereocenters. The maximum Gasteiger partial charge on any atom is 0.224 e. The van der Waals surface area contributed by atoms with Crippen LogP contribution in [0.25, 0.3) is 0 Å². The highest BCUT2D eigenvalue weighted by Gasteiger charge is 2.33. The van der Waals surface area contributed by atoms with E-state index in [9.17, 15) is 9.59 Å². The Kier molecular flexibility index (Phi) is 5.75. The average molecular weight is 424 g/mol. The molecule has 0 spiro atoms. The second kappa shape index (κ2) is 8.05. The molecule has 8 heteroatoms. The lowest BCUT2D eigenvalue weighted by Gasteiger charge is -2.20. The molecule has 0 saturated heterocycles. The van der Waals surface area contributed by atoms with Gasteiger partial charge in [0.1, 0.15) is 27.2 Å². The molecule has 27 heavy (non-hydrogen) atoms. The van der Waals surface area contributed by atoms with Crippen molar-refractivity contribution >= 4 is 57.7 Å². The van der Waals surface area contributed by atoms with Crippen LogP contribution in [0.1, 0.15) is 0 Å². The number of anilines is 2. The van der Waals surface area contributed by atoms with Gasteiger partial charge in [-0.2, -0.15) is 0 Å². The highest BCUT2D eigenvalue weighted by molar-refractivity contribution is 6.56. The van der Waals surface area contributed by atoms with E-state index in [0.717, 1.165) is 0 Å². The standard InChI is InChI=1S/C19H13Cl3N2O3/c1-27-13-8-6-12(7-9-13)24-17-15(22)18(25)16(14(21)19(17)26)23-11-4-2-10(20)3-5-11/h2-9,23-24H,1H3. The number of allylic oxidation sites excluding steroid dienone is 2. The van der Waals surface area contributed by atoms with E-state index in [-0.39, 0.29) is 21.5 Å². The third-order valence-electron chi connectivity index (χ3n) is 3.76. The van der Waals surface area contributed by atoms with Gasteiger partial charge in [0.05, 0.1) is 7.11 Å². The molecule has 2 aromatic carbocycles. The van der Waals surface area contributed by atoms with Gasteiger partial charge in [-0.05, 0) is 48.5 Å². The molecule has 0 unspecified atom stereocenters. The zero-order valence-corrected chi connectivity index (χ0v) is 16.2. The number of halogens is 3. The number of benzene rings is 2. The Balaban J connectivity index is 1.86. The Morgan fingerprint density at radius 1 is 0.704 bits per heavy atom. The molecule has 138 valence electrons. The van der Waals surface area contributed by atoms with Gasteiger partial charge in [-0.25, -0.2) is 0 Å². The van der Waals surface area contributed by atoms with Crippen LogP contribution in [0.15, 0.2) is 70.0 Å². The summed E-state index contributed by atoms with van der Waals surface area (Å²) >= 11 is 18.1. The molecule has 0 heterocycles. The fraction of sp³-hybridized carbons (Fsp3) is 0.0526. The van der Waals surface area contributed by atoms with Crippen molar-refractivity contribution in [1.29, 1.82) is 0 Å². The van der Waals surface area contributed by atoms with Gasteiger partial charge in [-0.1, -0.05) is 34.8 Å². The Morgan fingerprint density at radius 2 is 1.11 bits per heavy atom. The van der Waals surface area contributed by atoms with Crippen molar-refractivity contribution in [2.75, 3.05) is 17.7 Å². The molecule has 5 nitrogen and oxygen atoms in total. The fourth-order valence-electron chi connectivity index (χ4n) is 2.37. The van der Waals surface area contributed by atoms with E-state index >= 15 is 0 Å². The molecule has 3 rings (SSSR count). The lowest BCUT2D eigenvalue weighted by atomic mass is 10.0. The van der Waals surface area contributed by atoms with Crippen molar-refractivity contribution in [3.05, 3.63) is 75.0 Å². The molecule has 0 radical (unpaired) electrons. The smallest absolute Gasteiger partial charge is 0.224 e. The van der Waals surface area contributed by atoms with E-state index < -0.39 is 11.6 Å². The van der Waals surface area contributed by atoms with Crippen molar-refractivity contribution in [3.8, 4) is 5.75 Å². The molecule has 0 aromatic heterocycles. The topological polar surface area (TPSA) is 67.4 Å². The van der Waals surface area contributed by atoms with E-state index in [1.165, 1.54) is 0 Å². The number of carbonyl (C=O) groups excluding carboxylic acids is 2. The normalized spacial score (nSPS) is 14.5. The number of ketones is 2. The molecule has 0 bridgehead atoms. The van der Waals surface area contributed by atoms with E-state index in [4.69, 9.17) is 39.5 Å². The van der Waals surface area contributed by atoms with Crippen LogP contribution in [0.3, 0.4) is 0 Å². The molecule has 0 saturated carbocycles.